The summed E-state index contributed by atoms with van der Waals surface area (Å²) in [6, 6.07) is 0. The van der Waals surface area contributed by atoms with Crippen LogP contribution in [0.25, 0.3) is 0 Å². The molecule has 0 spiro atoms. The first-order chi connectivity index (χ1) is 3.66. The molecule has 1 unspecified atom stereocenters. The molecular weight excluding hydrogens is 128 g/mol. The number of hydrogen-bond donors (Lipinski definition) is 2. The number of halogens is 1. The van der Waals surface area contributed by atoms with Gasteiger partial charge in [-0.2, -0.15) is 0 Å². The Hall–Kier alpha value is -0.120. The van der Waals surface area contributed by atoms with Crippen LogP contribution < -0.4 is 5.32 Å². The second-order valence-corrected chi connectivity index (χ2v) is 1.84. The van der Waals surface area contributed by atoms with E-state index in [1.807, 2.05) is 0 Å². The maximum absolute atomic E-state index is 8.65. The smallest absolute Gasteiger partial charge is 0.202 e. The van der Waals surface area contributed by atoms with Gasteiger partial charge in [0.2, 0.25) is 6.35 Å². The summed E-state index contributed by atoms with van der Waals surface area (Å²) in [6.45, 7) is 1.60. The fraction of sp³-hybridized carbons (Fsp3) is 0.750. The van der Waals surface area contributed by atoms with Crippen LogP contribution in [0, 0.1) is 0 Å². The molecule has 0 saturated heterocycles. The molecule has 0 radical (unpaired) electrons. The Kier molecular flexibility index (Phi) is 3.77. The van der Waals surface area contributed by atoms with Gasteiger partial charge in [0.25, 0.3) is 0 Å². The van der Waals surface area contributed by atoms with E-state index in [1.54, 1.807) is 14.0 Å². The van der Waals surface area contributed by atoms with Crippen LogP contribution in [0.5, 0.6) is 0 Å². The maximum atomic E-state index is 8.65. The van der Waals surface area contributed by atoms with Gasteiger partial charge < -0.3 is 5.11 Å². The zero-order valence-corrected chi connectivity index (χ0v) is 5.61. The lowest BCUT2D eigenvalue weighted by molar-refractivity contribution is 0.157. The average Bonchev–Trinajstić information content (AvgIpc) is 1.65. The summed E-state index contributed by atoms with van der Waals surface area (Å²) in [7, 11) is 1.59. The lowest BCUT2D eigenvalue weighted by Gasteiger charge is -2.00. The van der Waals surface area contributed by atoms with Gasteiger partial charge in [-0.3, -0.25) is 5.32 Å². The van der Waals surface area contributed by atoms with E-state index in [9.17, 15) is 0 Å². The van der Waals surface area contributed by atoms with E-state index < -0.39 is 6.35 Å². The van der Waals surface area contributed by atoms with Crippen molar-refractivity contribution in [2.24, 2.45) is 4.99 Å². The number of aliphatic hydroxyl groups excluding tert-OH is 1. The molecule has 2 N–H and O–H groups in total. The van der Waals surface area contributed by atoms with Gasteiger partial charge in [0.15, 0.2) is 0 Å². The lowest BCUT2D eigenvalue weighted by Crippen LogP contribution is -2.22. The van der Waals surface area contributed by atoms with Crippen molar-refractivity contribution in [1.29, 1.82) is 0 Å². The van der Waals surface area contributed by atoms with Gasteiger partial charge in [-0.1, -0.05) is 11.6 Å². The third-order valence-corrected chi connectivity index (χ3v) is 0.656. The van der Waals surface area contributed by atoms with Crippen LogP contribution in [-0.4, -0.2) is 23.7 Å². The highest BCUT2D eigenvalue weighted by atomic mass is 35.5. The fourth-order valence-electron chi connectivity index (χ4n) is 0.233. The maximum Gasteiger partial charge on any atom is 0.202 e. The number of rotatable bonds is 2. The molecule has 0 amide bonds. The van der Waals surface area contributed by atoms with Crippen molar-refractivity contribution >= 4 is 16.8 Å². The molecule has 0 rings (SSSR count). The zero-order valence-electron chi connectivity index (χ0n) is 4.85. The van der Waals surface area contributed by atoms with E-state index in [1.165, 1.54) is 0 Å². The molecule has 0 bridgehead atoms. The predicted molar refractivity (Wildman–Crippen MR) is 34.0 cm³/mol. The molecule has 48 valence electrons. The predicted octanol–water partition coefficient (Wildman–Crippen LogP) is 0.139. The summed E-state index contributed by atoms with van der Waals surface area (Å²) in [4.78, 5) is 3.52. The molecule has 0 aromatic carbocycles. The molecule has 1 atom stereocenters. The van der Waals surface area contributed by atoms with Crippen LogP contribution >= 0.6 is 11.6 Å². The van der Waals surface area contributed by atoms with Crippen molar-refractivity contribution < 1.29 is 5.11 Å². The average molecular weight is 137 g/mol. The van der Waals surface area contributed by atoms with Crippen LogP contribution in [-0.2, 0) is 0 Å². The third-order valence-electron chi connectivity index (χ3n) is 0.558. The summed E-state index contributed by atoms with van der Waals surface area (Å²) >= 11 is 5.30. The topological polar surface area (TPSA) is 44.6 Å². The molecule has 8 heavy (non-hydrogen) atoms. The van der Waals surface area contributed by atoms with E-state index in [4.69, 9.17) is 16.7 Å². The first-order valence-corrected chi connectivity index (χ1v) is 2.60. The van der Waals surface area contributed by atoms with Gasteiger partial charge in [0, 0.05) is 0 Å². The van der Waals surface area contributed by atoms with Gasteiger partial charge >= 0.3 is 0 Å². The van der Waals surface area contributed by atoms with Crippen molar-refractivity contribution in [2.45, 2.75) is 13.3 Å². The monoisotopic (exact) mass is 136 g/mol. The second-order valence-electron chi connectivity index (χ2n) is 1.29. The Bertz CT molecular complexity index is 90.0. The summed E-state index contributed by atoms with van der Waals surface area (Å²) < 4.78 is 0. The Morgan fingerprint density at radius 3 is 2.50 bits per heavy atom. The van der Waals surface area contributed by atoms with Gasteiger partial charge in [-0.25, -0.2) is 4.99 Å². The van der Waals surface area contributed by atoms with Crippen LogP contribution in [0.4, 0.5) is 0 Å². The fourth-order valence-corrected chi connectivity index (χ4v) is 0.325. The van der Waals surface area contributed by atoms with Crippen LogP contribution in [0.15, 0.2) is 4.99 Å². The molecule has 4 heteroatoms. The number of hydrogen-bond acceptors (Lipinski definition) is 3. The molecule has 0 aliphatic carbocycles. The van der Waals surface area contributed by atoms with Crippen molar-refractivity contribution in [3.63, 3.8) is 0 Å². The largest absolute Gasteiger partial charge is 0.360 e. The van der Waals surface area contributed by atoms with Gasteiger partial charge in [-0.05, 0) is 14.0 Å². The quantitative estimate of drug-likeness (QED) is 0.419. The molecule has 0 aliphatic rings. The van der Waals surface area contributed by atoms with Crippen molar-refractivity contribution in [1.82, 2.24) is 5.32 Å². The summed E-state index contributed by atoms with van der Waals surface area (Å²) in [5, 5.41) is 11.5. The number of nitrogens with zero attached hydrogens (tertiary/aromatic N) is 1. The molecule has 0 aliphatic heterocycles. The van der Waals surface area contributed by atoms with Crippen LogP contribution in [0.3, 0.4) is 0 Å². The number of nitrogens with one attached hydrogen (secondary N) is 1. The van der Waals surface area contributed by atoms with Gasteiger partial charge in [-0.15, -0.1) is 0 Å². The molecule has 0 fully saturated rings. The Morgan fingerprint density at radius 1 is 1.88 bits per heavy atom. The minimum Gasteiger partial charge on any atom is -0.360 e. The first kappa shape index (κ1) is 7.88. The van der Waals surface area contributed by atoms with E-state index in [0.29, 0.717) is 5.17 Å². The minimum atomic E-state index is -0.868. The second kappa shape index (κ2) is 3.83. The van der Waals surface area contributed by atoms with E-state index >= 15 is 0 Å². The number of aliphatic hydroxyl groups is 1. The normalized spacial score (nSPS) is 16.2. The van der Waals surface area contributed by atoms with Crippen molar-refractivity contribution in [3.05, 3.63) is 0 Å². The standard InChI is InChI=1S/C4H9ClN2O/c1-3(5)7-4(8)6-2/h4,6,8H,1-2H3. The molecule has 0 aromatic heterocycles. The number of aliphatic imine (C=N–C) groups is 1. The SMILES string of the molecule is CNC(O)N=C(C)Cl. The van der Waals surface area contributed by atoms with Crippen LogP contribution in [0.1, 0.15) is 6.92 Å². The van der Waals surface area contributed by atoms with Gasteiger partial charge in [0.1, 0.15) is 5.17 Å². The molecule has 3 nitrogen and oxygen atoms in total. The Balaban J connectivity index is 3.51. The molecular formula is C4H9ClN2O. The lowest BCUT2D eigenvalue weighted by atomic mass is 10.8. The molecule has 0 aromatic rings. The molecule has 0 heterocycles. The molecule has 0 saturated carbocycles. The van der Waals surface area contributed by atoms with E-state index in [0.717, 1.165) is 0 Å². The van der Waals surface area contributed by atoms with Crippen LogP contribution in [0.2, 0.25) is 0 Å². The van der Waals surface area contributed by atoms with Crippen molar-refractivity contribution in [3.8, 4) is 0 Å². The van der Waals surface area contributed by atoms with E-state index in [-0.39, 0.29) is 0 Å². The zero-order chi connectivity index (χ0) is 6.57. The summed E-state index contributed by atoms with van der Waals surface area (Å²) in [5.74, 6) is 0. The van der Waals surface area contributed by atoms with E-state index in [2.05, 4.69) is 10.3 Å². The van der Waals surface area contributed by atoms with Crippen molar-refractivity contribution in [2.75, 3.05) is 7.05 Å². The highest BCUT2D eigenvalue weighted by molar-refractivity contribution is 6.64. The third kappa shape index (κ3) is 4.05. The van der Waals surface area contributed by atoms with Gasteiger partial charge in [0.05, 0.1) is 0 Å². The Morgan fingerprint density at radius 2 is 2.38 bits per heavy atom. The minimum absolute atomic E-state index is 0.340. The highest BCUT2D eigenvalue weighted by Gasteiger charge is 1.91. The first-order valence-electron chi connectivity index (χ1n) is 2.22. The highest BCUT2D eigenvalue weighted by Crippen LogP contribution is 1.85. The summed E-state index contributed by atoms with van der Waals surface area (Å²) in [5.41, 5.74) is 0. The summed E-state index contributed by atoms with van der Waals surface area (Å²) in [6.07, 6.45) is -0.868. The Labute approximate surface area is 53.4 Å².